The van der Waals surface area contributed by atoms with Gasteiger partial charge in [0.05, 0.1) is 17.4 Å². The van der Waals surface area contributed by atoms with Crippen molar-refractivity contribution >= 4 is 17.7 Å². The van der Waals surface area contributed by atoms with E-state index in [0.717, 1.165) is 38.5 Å². The highest BCUT2D eigenvalue weighted by molar-refractivity contribution is 6.07. The van der Waals surface area contributed by atoms with Gasteiger partial charge in [-0.25, -0.2) is 0 Å². The molecule has 3 rings (SSSR count). The lowest BCUT2D eigenvalue weighted by atomic mass is 9.81. The average Bonchev–Trinajstić information content (AvgIpc) is 3.33. The van der Waals surface area contributed by atoms with Crippen molar-refractivity contribution < 1.29 is 14.4 Å². The summed E-state index contributed by atoms with van der Waals surface area (Å²) in [6.07, 6.45) is 5.67. The number of carbonyl (C=O) groups is 3. The number of nitrogens with zero attached hydrogens (tertiary/aromatic N) is 1. The van der Waals surface area contributed by atoms with E-state index in [-0.39, 0.29) is 36.1 Å². The van der Waals surface area contributed by atoms with E-state index in [9.17, 15) is 14.4 Å². The summed E-state index contributed by atoms with van der Waals surface area (Å²) in [5.41, 5.74) is 5.37. The highest BCUT2D eigenvalue weighted by Crippen LogP contribution is 2.39. The second-order valence-electron chi connectivity index (χ2n) is 7.20. The fourth-order valence-electron chi connectivity index (χ4n) is 3.93. The minimum absolute atomic E-state index is 0.160. The van der Waals surface area contributed by atoms with Crippen molar-refractivity contribution in [3.8, 4) is 0 Å². The van der Waals surface area contributed by atoms with E-state index in [1.54, 1.807) is 0 Å². The van der Waals surface area contributed by atoms with Crippen molar-refractivity contribution in [2.75, 3.05) is 13.1 Å². The van der Waals surface area contributed by atoms with Crippen molar-refractivity contribution in [1.29, 1.82) is 0 Å². The first-order chi connectivity index (χ1) is 10.5. The van der Waals surface area contributed by atoms with Crippen LogP contribution in [-0.2, 0) is 14.4 Å². The lowest BCUT2D eigenvalue weighted by Crippen LogP contribution is -2.55. The first kappa shape index (κ1) is 15.5. The molecule has 2 aliphatic carbocycles. The zero-order valence-electron chi connectivity index (χ0n) is 13.1. The van der Waals surface area contributed by atoms with Crippen LogP contribution in [-0.4, -0.2) is 41.2 Å². The first-order valence-corrected chi connectivity index (χ1v) is 8.32. The first-order valence-electron chi connectivity index (χ1n) is 8.32. The van der Waals surface area contributed by atoms with Crippen LogP contribution in [0, 0.1) is 17.8 Å². The molecule has 3 unspecified atom stereocenters. The van der Waals surface area contributed by atoms with E-state index < -0.39 is 5.54 Å². The molecule has 1 aliphatic heterocycles. The summed E-state index contributed by atoms with van der Waals surface area (Å²) < 4.78 is 0. The molecule has 3 aliphatic rings. The van der Waals surface area contributed by atoms with Crippen LogP contribution in [0.2, 0.25) is 0 Å². The van der Waals surface area contributed by atoms with Crippen LogP contribution in [0.3, 0.4) is 0 Å². The molecule has 0 aromatic rings. The molecule has 122 valence electrons. The molecule has 0 aromatic carbocycles. The summed E-state index contributed by atoms with van der Waals surface area (Å²) in [6, 6.07) is 0. The van der Waals surface area contributed by atoms with Crippen LogP contribution in [0.15, 0.2) is 0 Å². The smallest absolute Gasteiger partial charge is 0.240 e. The van der Waals surface area contributed by atoms with Gasteiger partial charge in [0.2, 0.25) is 17.7 Å². The summed E-state index contributed by atoms with van der Waals surface area (Å²) in [5, 5.41) is 2.94. The normalized spacial score (nSPS) is 30.9. The highest BCUT2D eigenvalue weighted by Gasteiger charge is 2.49. The molecule has 6 nitrogen and oxygen atoms in total. The Kier molecular flexibility index (Phi) is 3.97. The van der Waals surface area contributed by atoms with E-state index in [1.807, 2.05) is 6.92 Å². The molecule has 3 amide bonds. The number of hydrogen-bond donors (Lipinski definition) is 2. The average molecular weight is 307 g/mol. The van der Waals surface area contributed by atoms with Gasteiger partial charge in [0.1, 0.15) is 6.54 Å². The Morgan fingerprint density at radius 2 is 1.73 bits per heavy atom. The fraction of sp³-hybridized carbons (Fsp3) is 0.812. The summed E-state index contributed by atoms with van der Waals surface area (Å²) in [7, 11) is 0. The highest BCUT2D eigenvalue weighted by atomic mass is 16.2. The van der Waals surface area contributed by atoms with E-state index in [2.05, 4.69) is 5.32 Å². The van der Waals surface area contributed by atoms with Crippen LogP contribution in [0.25, 0.3) is 0 Å². The molecule has 3 N–H and O–H groups in total. The van der Waals surface area contributed by atoms with Gasteiger partial charge >= 0.3 is 0 Å². The topological polar surface area (TPSA) is 92.5 Å². The number of nitrogens with two attached hydrogens (primary N) is 1. The van der Waals surface area contributed by atoms with Crippen LogP contribution >= 0.6 is 0 Å². The Labute approximate surface area is 130 Å². The van der Waals surface area contributed by atoms with Gasteiger partial charge in [-0.05, 0) is 38.5 Å². The Morgan fingerprint density at radius 3 is 2.18 bits per heavy atom. The number of hydrogen-bond acceptors (Lipinski definition) is 4. The number of imide groups is 1. The van der Waals surface area contributed by atoms with Crippen LogP contribution in [0.4, 0.5) is 0 Å². The molecule has 3 atom stereocenters. The maximum absolute atomic E-state index is 12.4. The van der Waals surface area contributed by atoms with Gasteiger partial charge < -0.3 is 11.1 Å². The number of likely N-dealkylation sites (tertiary alicyclic amines) is 1. The van der Waals surface area contributed by atoms with Gasteiger partial charge in [-0.1, -0.05) is 12.8 Å². The minimum Gasteiger partial charge on any atom is -0.348 e. The SMILES string of the molecule is CC(CN)(NC(=O)CN1C(=O)C2CCCCC2C1=O)C1CC1. The number of nitrogens with one attached hydrogen (secondary N) is 1. The van der Waals surface area contributed by atoms with Crippen molar-refractivity contribution in [2.45, 2.75) is 51.0 Å². The molecule has 1 saturated heterocycles. The third-order valence-electron chi connectivity index (χ3n) is 5.56. The molecule has 0 aromatic heterocycles. The number of fused-ring (bicyclic) bond motifs is 1. The maximum Gasteiger partial charge on any atom is 0.240 e. The van der Waals surface area contributed by atoms with E-state index in [4.69, 9.17) is 5.73 Å². The van der Waals surface area contributed by atoms with Gasteiger partial charge in [0, 0.05) is 6.54 Å². The molecule has 0 bridgehead atoms. The predicted molar refractivity (Wildman–Crippen MR) is 80.5 cm³/mol. The van der Waals surface area contributed by atoms with E-state index >= 15 is 0 Å². The maximum atomic E-state index is 12.4. The minimum atomic E-state index is -0.421. The second kappa shape index (κ2) is 5.65. The lowest BCUT2D eigenvalue weighted by molar-refractivity contribution is -0.144. The summed E-state index contributed by atoms with van der Waals surface area (Å²) in [5.74, 6) is -0.581. The molecule has 0 spiro atoms. The number of amides is 3. The lowest BCUT2D eigenvalue weighted by Gasteiger charge is -2.30. The Bertz CT molecular complexity index is 479. The van der Waals surface area contributed by atoms with Gasteiger partial charge in [0.15, 0.2) is 0 Å². The summed E-state index contributed by atoms with van der Waals surface area (Å²) >= 11 is 0. The van der Waals surface area contributed by atoms with Crippen molar-refractivity contribution in [1.82, 2.24) is 10.2 Å². The van der Waals surface area contributed by atoms with Gasteiger partial charge in [0.25, 0.3) is 0 Å². The molecule has 0 radical (unpaired) electrons. The third kappa shape index (κ3) is 2.64. The van der Waals surface area contributed by atoms with E-state index in [0.29, 0.717) is 12.5 Å². The molecular weight excluding hydrogens is 282 g/mol. The van der Waals surface area contributed by atoms with Crippen LogP contribution in [0.5, 0.6) is 0 Å². The fourth-order valence-corrected chi connectivity index (χ4v) is 3.93. The van der Waals surface area contributed by atoms with Crippen molar-refractivity contribution in [3.63, 3.8) is 0 Å². The zero-order chi connectivity index (χ0) is 15.9. The number of rotatable bonds is 5. The summed E-state index contributed by atoms with van der Waals surface area (Å²) in [6.45, 7) is 2.15. The molecule has 22 heavy (non-hydrogen) atoms. The van der Waals surface area contributed by atoms with Crippen molar-refractivity contribution in [2.24, 2.45) is 23.5 Å². The predicted octanol–water partition coefficient (Wildman–Crippen LogP) is 0.405. The Morgan fingerprint density at radius 1 is 1.18 bits per heavy atom. The molecular formula is C16H25N3O3. The van der Waals surface area contributed by atoms with Crippen molar-refractivity contribution in [3.05, 3.63) is 0 Å². The van der Waals surface area contributed by atoms with Crippen LogP contribution < -0.4 is 11.1 Å². The monoisotopic (exact) mass is 307 g/mol. The molecule has 2 saturated carbocycles. The van der Waals surface area contributed by atoms with Gasteiger partial charge in [-0.3, -0.25) is 19.3 Å². The molecule has 1 heterocycles. The van der Waals surface area contributed by atoms with Gasteiger partial charge in [-0.2, -0.15) is 0 Å². The Hall–Kier alpha value is -1.43. The van der Waals surface area contributed by atoms with Crippen LogP contribution in [0.1, 0.15) is 45.4 Å². The number of carbonyl (C=O) groups excluding carboxylic acids is 3. The summed E-state index contributed by atoms with van der Waals surface area (Å²) in [4.78, 5) is 38.2. The largest absolute Gasteiger partial charge is 0.348 e. The van der Waals surface area contributed by atoms with E-state index in [1.165, 1.54) is 4.90 Å². The van der Waals surface area contributed by atoms with Gasteiger partial charge in [-0.15, -0.1) is 0 Å². The Balaban J connectivity index is 1.63. The zero-order valence-corrected chi connectivity index (χ0v) is 13.1. The molecule has 6 heteroatoms. The quantitative estimate of drug-likeness (QED) is 0.719. The third-order valence-corrected chi connectivity index (χ3v) is 5.56. The second-order valence-corrected chi connectivity index (χ2v) is 7.20. The standard InChI is InChI=1S/C16H25N3O3/c1-16(9-17,10-6-7-10)18-13(20)8-19-14(21)11-4-2-3-5-12(11)15(19)22/h10-12H,2-9,17H2,1H3,(H,18,20). The molecule has 3 fully saturated rings.